The van der Waals surface area contributed by atoms with Crippen molar-refractivity contribution >= 4 is 26.6 Å². The highest BCUT2D eigenvalue weighted by Gasteiger charge is 2.26. The number of nitrogens with one attached hydrogen (secondary N) is 1. The molecule has 5 nitrogen and oxygen atoms in total. The molecule has 0 aliphatic heterocycles. The van der Waals surface area contributed by atoms with Gasteiger partial charge < -0.3 is 5.32 Å². The van der Waals surface area contributed by atoms with Crippen LogP contribution >= 0.6 is 0 Å². The van der Waals surface area contributed by atoms with E-state index >= 15 is 0 Å². The number of hydrogen-bond donors (Lipinski definition) is 1. The molecule has 0 saturated carbocycles. The summed E-state index contributed by atoms with van der Waals surface area (Å²) in [6, 6.07) is 22.0. The van der Waals surface area contributed by atoms with Crippen molar-refractivity contribution in [1.29, 1.82) is 0 Å². The summed E-state index contributed by atoms with van der Waals surface area (Å²) in [6.07, 6.45) is 1.53. The van der Waals surface area contributed by atoms with Crippen molar-refractivity contribution in [1.82, 2.24) is 10.3 Å². The number of carbonyl (C=O) groups excluding carboxylic acids is 1. The molecule has 1 unspecified atom stereocenters. The smallest absolute Gasteiger partial charge is 0.224 e. The zero-order valence-corrected chi connectivity index (χ0v) is 19.8. The van der Waals surface area contributed by atoms with Gasteiger partial charge in [-0.25, -0.2) is 17.8 Å². The molecule has 0 spiro atoms. The van der Waals surface area contributed by atoms with Crippen LogP contribution in [0.4, 0.5) is 4.39 Å². The first kappa shape index (κ1) is 23.6. The van der Waals surface area contributed by atoms with Crippen LogP contribution in [-0.2, 0) is 21.1 Å². The summed E-state index contributed by atoms with van der Waals surface area (Å²) in [5.74, 6) is -0.728. The maximum atomic E-state index is 13.7. The molecule has 174 valence electrons. The summed E-state index contributed by atoms with van der Waals surface area (Å²) >= 11 is 0. The normalized spacial score (nSPS) is 12.4. The van der Waals surface area contributed by atoms with E-state index in [4.69, 9.17) is 0 Å². The fourth-order valence-electron chi connectivity index (χ4n) is 4.18. The van der Waals surface area contributed by atoms with E-state index in [-0.39, 0.29) is 23.0 Å². The number of halogens is 1. The highest BCUT2D eigenvalue weighted by molar-refractivity contribution is 7.91. The molecule has 0 bridgehead atoms. The molecule has 1 heterocycles. The van der Waals surface area contributed by atoms with Crippen LogP contribution in [0.15, 0.2) is 83.8 Å². The summed E-state index contributed by atoms with van der Waals surface area (Å²) in [5, 5.41) is 3.55. The van der Waals surface area contributed by atoms with Gasteiger partial charge in [-0.05, 0) is 35.7 Å². The van der Waals surface area contributed by atoms with Gasteiger partial charge in [0.2, 0.25) is 5.91 Å². The van der Waals surface area contributed by atoms with Gasteiger partial charge in [0, 0.05) is 17.2 Å². The van der Waals surface area contributed by atoms with Crippen LogP contribution in [0.3, 0.4) is 0 Å². The number of pyridine rings is 1. The van der Waals surface area contributed by atoms with Crippen LogP contribution in [0.25, 0.3) is 22.2 Å². The number of aromatic nitrogens is 1. The minimum Gasteiger partial charge on any atom is -0.349 e. The highest BCUT2D eigenvalue weighted by Crippen LogP contribution is 2.34. The lowest BCUT2D eigenvalue weighted by Gasteiger charge is -2.20. The number of amides is 1. The third-order valence-corrected chi connectivity index (χ3v) is 6.88. The lowest BCUT2D eigenvalue weighted by atomic mass is 10.00. The number of fused-ring (bicyclic) bond motifs is 1. The number of carbonyl (C=O) groups is 1. The summed E-state index contributed by atoms with van der Waals surface area (Å²) in [4.78, 5) is 17.9. The molecule has 1 amide bonds. The third kappa shape index (κ3) is 4.99. The van der Waals surface area contributed by atoms with Gasteiger partial charge in [-0.3, -0.25) is 4.79 Å². The minimum absolute atomic E-state index is 0.0476. The Balaban J connectivity index is 1.82. The second-order valence-corrected chi connectivity index (χ2v) is 10.1. The van der Waals surface area contributed by atoms with Crippen molar-refractivity contribution in [3.8, 4) is 11.3 Å². The van der Waals surface area contributed by atoms with Crippen molar-refractivity contribution in [3.05, 3.63) is 95.8 Å². The molecule has 7 heteroatoms. The lowest BCUT2D eigenvalue weighted by Crippen LogP contribution is -2.30. The van der Waals surface area contributed by atoms with E-state index in [1.807, 2.05) is 31.2 Å². The number of nitrogens with zero attached hydrogens (tertiary/aromatic N) is 1. The van der Waals surface area contributed by atoms with Crippen molar-refractivity contribution < 1.29 is 17.6 Å². The lowest BCUT2D eigenvalue weighted by molar-refractivity contribution is -0.121. The van der Waals surface area contributed by atoms with Gasteiger partial charge in [-0.2, -0.15) is 0 Å². The number of sulfone groups is 1. The predicted molar refractivity (Wildman–Crippen MR) is 132 cm³/mol. The Labute approximate surface area is 198 Å². The van der Waals surface area contributed by atoms with E-state index in [0.717, 1.165) is 6.26 Å². The third-order valence-electron chi connectivity index (χ3n) is 5.70. The maximum Gasteiger partial charge on any atom is 0.224 e. The van der Waals surface area contributed by atoms with Crippen molar-refractivity contribution in [2.24, 2.45) is 0 Å². The van der Waals surface area contributed by atoms with Crippen molar-refractivity contribution in [3.63, 3.8) is 0 Å². The fourth-order valence-corrected chi connectivity index (χ4v) is 5.32. The number of benzene rings is 3. The van der Waals surface area contributed by atoms with Crippen LogP contribution in [0.1, 0.15) is 30.5 Å². The summed E-state index contributed by atoms with van der Waals surface area (Å²) in [6.45, 7) is 1.90. The molecule has 0 saturated heterocycles. The van der Waals surface area contributed by atoms with Gasteiger partial charge in [0.1, 0.15) is 5.82 Å². The molecular formula is C27H25FN2O3S. The SMILES string of the molecule is CCC(NC(=O)Cc1c(S(C)(=O)=O)c(-c2ccccc2)nc2ccccc12)c1cccc(F)c1. The van der Waals surface area contributed by atoms with E-state index in [1.54, 1.807) is 42.5 Å². The zero-order valence-electron chi connectivity index (χ0n) is 19.0. The van der Waals surface area contributed by atoms with Gasteiger partial charge in [0.05, 0.1) is 28.6 Å². The monoisotopic (exact) mass is 476 g/mol. The second-order valence-electron chi connectivity index (χ2n) is 8.18. The molecule has 1 atom stereocenters. The van der Waals surface area contributed by atoms with Crippen LogP contribution in [-0.4, -0.2) is 25.6 Å². The summed E-state index contributed by atoms with van der Waals surface area (Å²) in [5.41, 5.74) is 2.64. The largest absolute Gasteiger partial charge is 0.349 e. The first-order valence-corrected chi connectivity index (χ1v) is 12.9. The van der Waals surface area contributed by atoms with Crippen molar-refractivity contribution in [2.45, 2.75) is 30.7 Å². The van der Waals surface area contributed by atoms with E-state index < -0.39 is 15.9 Å². The van der Waals surface area contributed by atoms with Gasteiger partial charge in [-0.1, -0.05) is 67.6 Å². The van der Waals surface area contributed by atoms with Gasteiger partial charge in [0.15, 0.2) is 9.84 Å². The molecule has 0 radical (unpaired) electrons. The van der Waals surface area contributed by atoms with Gasteiger partial charge in [0.25, 0.3) is 0 Å². The highest BCUT2D eigenvalue weighted by atomic mass is 32.2. The van der Waals surface area contributed by atoms with Crippen LogP contribution < -0.4 is 5.32 Å². The van der Waals surface area contributed by atoms with Crippen LogP contribution in [0.5, 0.6) is 0 Å². The first-order chi connectivity index (χ1) is 16.3. The average molecular weight is 477 g/mol. The van der Waals surface area contributed by atoms with E-state index in [2.05, 4.69) is 10.3 Å². The summed E-state index contributed by atoms with van der Waals surface area (Å²) in [7, 11) is -3.73. The molecule has 0 fully saturated rings. The van der Waals surface area contributed by atoms with Crippen LogP contribution in [0.2, 0.25) is 0 Å². The second kappa shape index (κ2) is 9.73. The Morgan fingerprint density at radius 1 is 1.00 bits per heavy atom. The minimum atomic E-state index is -3.73. The zero-order chi connectivity index (χ0) is 24.3. The number of hydrogen-bond acceptors (Lipinski definition) is 4. The molecule has 1 aromatic heterocycles. The van der Waals surface area contributed by atoms with Gasteiger partial charge >= 0.3 is 0 Å². The predicted octanol–water partition coefficient (Wildman–Crippen LogP) is 5.25. The molecule has 0 aliphatic carbocycles. The standard InChI is InChI=1S/C27H25FN2O3S/c1-3-23(19-12-9-13-20(28)16-19)29-25(31)17-22-21-14-7-8-15-24(21)30-26(27(22)34(2,32)33)18-10-5-4-6-11-18/h4-16,23H,3,17H2,1-2H3,(H,29,31). The van der Waals surface area contributed by atoms with Crippen molar-refractivity contribution in [2.75, 3.05) is 6.26 Å². The van der Waals surface area contributed by atoms with E-state index in [9.17, 15) is 17.6 Å². The Morgan fingerprint density at radius 2 is 1.71 bits per heavy atom. The molecule has 1 N–H and O–H groups in total. The Hall–Kier alpha value is -3.58. The Morgan fingerprint density at radius 3 is 2.38 bits per heavy atom. The first-order valence-electron chi connectivity index (χ1n) is 11.0. The topological polar surface area (TPSA) is 76.1 Å². The molecular weight excluding hydrogens is 451 g/mol. The molecule has 4 rings (SSSR count). The van der Waals surface area contributed by atoms with E-state index in [1.165, 1.54) is 12.1 Å². The van der Waals surface area contributed by atoms with Crippen LogP contribution in [0, 0.1) is 5.82 Å². The Bertz CT molecular complexity index is 1450. The quantitative estimate of drug-likeness (QED) is 0.395. The number of rotatable bonds is 7. The molecule has 0 aliphatic rings. The number of para-hydroxylation sites is 1. The summed E-state index contributed by atoms with van der Waals surface area (Å²) < 4.78 is 39.7. The van der Waals surface area contributed by atoms with Gasteiger partial charge in [-0.15, -0.1) is 0 Å². The average Bonchev–Trinajstić information content (AvgIpc) is 2.82. The molecule has 4 aromatic rings. The molecule has 3 aromatic carbocycles. The Kier molecular flexibility index (Phi) is 6.75. The fraction of sp³-hybridized carbons (Fsp3) is 0.185. The molecule has 34 heavy (non-hydrogen) atoms. The van der Waals surface area contributed by atoms with E-state index in [0.29, 0.717) is 39.7 Å². The maximum absolute atomic E-state index is 13.7.